The zero-order chi connectivity index (χ0) is 18.7. The van der Waals surface area contributed by atoms with Crippen molar-refractivity contribution in [3.63, 3.8) is 0 Å². The van der Waals surface area contributed by atoms with Crippen LogP contribution >= 0.6 is 0 Å². The molecule has 26 heavy (non-hydrogen) atoms. The molecule has 0 spiro atoms. The molecule has 0 fully saturated rings. The summed E-state index contributed by atoms with van der Waals surface area (Å²) >= 11 is 0. The molecule has 6 nitrogen and oxygen atoms in total. The highest BCUT2D eigenvalue weighted by Crippen LogP contribution is 2.42. The number of carbonyl (C=O) groups excluding carboxylic acids is 1. The zero-order valence-electron chi connectivity index (χ0n) is 15.2. The smallest absolute Gasteiger partial charge is 0.255 e. The minimum Gasteiger partial charge on any atom is -0.496 e. The lowest BCUT2D eigenvalue weighted by Crippen LogP contribution is -2.39. The fourth-order valence-electron chi connectivity index (χ4n) is 3.37. The summed E-state index contributed by atoms with van der Waals surface area (Å²) < 4.78 is 15.9. The Morgan fingerprint density at radius 1 is 1.08 bits per heavy atom. The Bertz CT molecular complexity index is 820. The van der Waals surface area contributed by atoms with E-state index < -0.39 is 5.60 Å². The molecule has 0 radical (unpaired) electrons. The molecule has 1 unspecified atom stereocenters. The standard InChI is InChI=1S/C20H23NO5/c1-24-16-7-5-4-6-14(16)19(22)21-12-20(23)9-8-13-10-17(25-2)18(26-3)11-15(13)20/h4-7,10-11,23H,8-9,12H2,1-3H3,(H,21,22). The molecule has 0 saturated heterocycles. The van der Waals surface area contributed by atoms with Crippen LogP contribution in [0, 0.1) is 0 Å². The van der Waals surface area contributed by atoms with Crippen LogP contribution in [-0.2, 0) is 12.0 Å². The van der Waals surface area contributed by atoms with Gasteiger partial charge >= 0.3 is 0 Å². The van der Waals surface area contributed by atoms with Crippen LogP contribution in [0.2, 0.25) is 0 Å². The molecule has 0 aliphatic heterocycles. The number of fused-ring (bicyclic) bond motifs is 1. The average molecular weight is 357 g/mol. The molecule has 1 aliphatic carbocycles. The predicted octanol–water partition coefficient (Wildman–Crippen LogP) is 2.28. The summed E-state index contributed by atoms with van der Waals surface area (Å²) in [7, 11) is 4.66. The highest BCUT2D eigenvalue weighted by Gasteiger charge is 2.38. The fraction of sp³-hybridized carbons (Fsp3) is 0.350. The van der Waals surface area contributed by atoms with Gasteiger partial charge in [0.05, 0.1) is 33.4 Å². The lowest BCUT2D eigenvalue weighted by atomic mass is 9.95. The lowest BCUT2D eigenvalue weighted by molar-refractivity contribution is 0.0367. The van der Waals surface area contributed by atoms with Gasteiger partial charge < -0.3 is 24.6 Å². The van der Waals surface area contributed by atoms with Gasteiger partial charge in [0.1, 0.15) is 11.4 Å². The molecule has 0 saturated carbocycles. The zero-order valence-corrected chi connectivity index (χ0v) is 15.2. The van der Waals surface area contributed by atoms with Gasteiger partial charge in [-0.25, -0.2) is 0 Å². The molecule has 138 valence electrons. The largest absolute Gasteiger partial charge is 0.496 e. The van der Waals surface area contributed by atoms with Crippen LogP contribution in [0.3, 0.4) is 0 Å². The molecular weight excluding hydrogens is 334 g/mol. The molecule has 1 aliphatic rings. The topological polar surface area (TPSA) is 77.0 Å². The fourth-order valence-corrected chi connectivity index (χ4v) is 3.37. The molecular formula is C20H23NO5. The van der Waals surface area contributed by atoms with Gasteiger partial charge in [-0.2, -0.15) is 0 Å². The van der Waals surface area contributed by atoms with E-state index in [9.17, 15) is 9.90 Å². The van der Waals surface area contributed by atoms with E-state index in [1.165, 1.54) is 7.11 Å². The normalized spacial score (nSPS) is 18.2. The van der Waals surface area contributed by atoms with E-state index in [2.05, 4.69) is 5.32 Å². The Hall–Kier alpha value is -2.73. The van der Waals surface area contributed by atoms with Gasteiger partial charge in [0, 0.05) is 0 Å². The highest BCUT2D eigenvalue weighted by molar-refractivity contribution is 5.96. The first-order chi connectivity index (χ1) is 12.5. The van der Waals surface area contributed by atoms with E-state index in [-0.39, 0.29) is 12.5 Å². The van der Waals surface area contributed by atoms with Crippen molar-refractivity contribution in [2.45, 2.75) is 18.4 Å². The van der Waals surface area contributed by atoms with E-state index in [0.29, 0.717) is 35.7 Å². The van der Waals surface area contributed by atoms with E-state index in [4.69, 9.17) is 14.2 Å². The molecule has 1 amide bonds. The second-order valence-corrected chi connectivity index (χ2v) is 6.28. The Labute approximate surface area is 152 Å². The van der Waals surface area contributed by atoms with Gasteiger partial charge in [0.15, 0.2) is 11.5 Å². The highest BCUT2D eigenvalue weighted by atomic mass is 16.5. The Morgan fingerprint density at radius 3 is 2.42 bits per heavy atom. The van der Waals surface area contributed by atoms with E-state index in [1.807, 2.05) is 6.07 Å². The summed E-state index contributed by atoms with van der Waals surface area (Å²) in [4.78, 5) is 12.5. The number of para-hydroxylation sites is 1. The summed E-state index contributed by atoms with van der Waals surface area (Å²) in [5.41, 5.74) is 1.04. The van der Waals surface area contributed by atoms with Gasteiger partial charge in [0.2, 0.25) is 0 Å². The third kappa shape index (κ3) is 3.20. The van der Waals surface area contributed by atoms with Crippen molar-refractivity contribution in [1.29, 1.82) is 0 Å². The van der Waals surface area contributed by atoms with Gasteiger partial charge in [0.25, 0.3) is 5.91 Å². The molecule has 2 aromatic rings. The summed E-state index contributed by atoms with van der Waals surface area (Å²) in [6.45, 7) is 0.104. The van der Waals surface area contributed by atoms with Crippen LogP contribution in [0.15, 0.2) is 36.4 Å². The molecule has 0 bridgehead atoms. The number of nitrogens with one attached hydrogen (secondary N) is 1. The maximum absolute atomic E-state index is 12.5. The summed E-state index contributed by atoms with van der Waals surface area (Å²) in [5, 5.41) is 13.9. The molecule has 0 heterocycles. The van der Waals surface area contributed by atoms with E-state index >= 15 is 0 Å². The van der Waals surface area contributed by atoms with Crippen LogP contribution in [0.1, 0.15) is 27.9 Å². The van der Waals surface area contributed by atoms with Crippen LogP contribution < -0.4 is 19.5 Å². The van der Waals surface area contributed by atoms with Crippen molar-refractivity contribution < 1.29 is 24.1 Å². The third-order valence-corrected chi connectivity index (χ3v) is 4.81. The number of carbonyl (C=O) groups is 1. The van der Waals surface area contributed by atoms with Crippen LogP contribution in [0.4, 0.5) is 0 Å². The lowest BCUT2D eigenvalue weighted by Gasteiger charge is -2.25. The third-order valence-electron chi connectivity index (χ3n) is 4.81. The number of ether oxygens (including phenoxy) is 3. The van der Waals surface area contributed by atoms with Gasteiger partial charge in [-0.1, -0.05) is 12.1 Å². The SMILES string of the molecule is COc1cc2c(cc1OC)C(O)(CNC(=O)c1ccccc1OC)CC2. The number of methoxy groups -OCH3 is 3. The number of rotatable bonds is 6. The van der Waals surface area contributed by atoms with Gasteiger partial charge in [-0.3, -0.25) is 4.79 Å². The first-order valence-electron chi connectivity index (χ1n) is 8.41. The molecule has 2 aromatic carbocycles. The van der Waals surface area contributed by atoms with Crippen molar-refractivity contribution in [2.75, 3.05) is 27.9 Å². The Kier molecular flexibility index (Phi) is 5.04. The maximum atomic E-state index is 12.5. The van der Waals surface area contributed by atoms with Gasteiger partial charge in [-0.15, -0.1) is 0 Å². The Balaban J connectivity index is 1.81. The van der Waals surface area contributed by atoms with Gasteiger partial charge in [-0.05, 0) is 48.2 Å². The summed E-state index contributed by atoms with van der Waals surface area (Å²) in [6, 6.07) is 10.7. The molecule has 2 N–H and O–H groups in total. The first kappa shape index (κ1) is 18.1. The van der Waals surface area contributed by atoms with Crippen LogP contribution in [-0.4, -0.2) is 38.9 Å². The Morgan fingerprint density at radius 2 is 1.73 bits per heavy atom. The molecule has 0 aromatic heterocycles. The molecule has 1 atom stereocenters. The predicted molar refractivity (Wildman–Crippen MR) is 97.1 cm³/mol. The number of hydrogen-bond donors (Lipinski definition) is 2. The van der Waals surface area contributed by atoms with E-state index in [0.717, 1.165) is 11.1 Å². The first-order valence-corrected chi connectivity index (χ1v) is 8.41. The van der Waals surface area contributed by atoms with Crippen molar-refractivity contribution in [1.82, 2.24) is 5.32 Å². The second kappa shape index (κ2) is 7.25. The number of aliphatic hydroxyl groups is 1. The monoisotopic (exact) mass is 357 g/mol. The van der Waals surface area contributed by atoms with Crippen LogP contribution in [0.25, 0.3) is 0 Å². The summed E-state index contributed by atoms with van der Waals surface area (Å²) in [5.74, 6) is 1.40. The maximum Gasteiger partial charge on any atom is 0.255 e. The number of hydrogen-bond acceptors (Lipinski definition) is 5. The average Bonchev–Trinajstić information content (AvgIpc) is 3.01. The number of amides is 1. The molecule has 3 rings (SSSR count). The van der Waals surface area contributed by atoms with Crippen molar-refractivity contribution in [3.05, 3.63) is 53.1 Å². The van der Waals surface area contributed by atoms with Crippen LogP contribution in [0.5, 0.6) is 17.2 Å². The second-order valence-electron chi connectivity index (χ2n) is 6.28. The van der Waals surface area contributed by atoms with Crippen molar-refractivity contribution in [3.8, 4) is 17.2 Å². The summed E-state index contributed by atoms with van der Waals surface area (Å²) in [6.07, 6.45) is 1.22. The number of aryl methyl sites for hydroxylation is 1. The molecule has 6 heteroatoms. The quantitative estimate of drug-likeness (QED) is 0.829. The van der Waals surface area contributed by atoms with E-state index in [1.54, 1.807) is 44.6 Å². The minimum atomic E-state index is -1.15. The van der Waals surface area contributed by atoms with Crippen molar-refractivity contribution >= 4 is 5.91 Å². The van der Waals surface area contributed by atoms with Crippen molar-refractivity contribution in [2.24, 2.45) is 0 Å². The number of benzene rings is 2. The minimum absolute atomic E-state index is 0.104.